The molecule has 3 rings (SSSR count). The third-order valence-corrected chi connectivity index (χ3v) is 4.22. The van der Waals surface area contributed by atoms with Gasteiger partial charge < -0.3 is 4.90 Å². The monoisotopic (exact) mass is 300 g/mol. The van der Waals surface area contributed by atoms with Crippen LogP contribution in [0.5, 0.6) is 0 Å². The van der Waals surface area contributed by atoms with Crippen molar-refractivity contribution >= 4 is 17.3 Å². The van der Waals surface area contributed by atoms with E-state index in [2.05, 4.69) is 10.1 Å². The Morgan fingerprint density at radius 3 is 2.95 bits per heavy atom. The van der Waals surface area contributed by atoms with Crippen molar-refractivity contribution in [1.82, 2.24) is 19.5 Å². The fourth-order valence-electron chi connectivity index (χ4n) is 3.01. The molecule has 6 heteroatoms. The van der Waals surface area contributed by atoms with Gasteiger partial charge in [0.1, 0.15) is 5.56 Å². The van der Waals surface area contributed by atoms with Crippen LogP contribution < -0.4 is 0 Å². The molecule has 0 N–H and O–H groups in total. The number of carbonyl (C=O) groups is 2. The summed E-state index contributed by atoms with van der Waals surface area (Å²) in [7, 11) is 0. The number of amides is 1. The predicted molar refractivity (Wildman–Crippen MR) is 81.7 cm³/mol. The van der Waals surface area contributed by atoms with E-state index in [0.717, 1.165) is 25.0 Å². The van der Waals surface area contributed by atoms with Gasteiger partial charge in [-0.3, -0.25) is 9.59 Å². The van der Waals surface area contributed by atoms with Gasteiger partial charge in [-0.1, -0.05) is 6.92 Å². The van der Waals surface area contributed by atoms with E-state index in [9.17, 15) is 9.59 Å². The van der Waals surface area contributed by atoms with Gasteiger partial charge in [0, 0.05) is 24.9 Å². The quantitative estimate of drug-likeness (QED) is 0.869. The molecule has 22 heavy (non-hydrogen) atoms. The fraction of sp³-hybridized carbons (Fsp3) is 0.500. The van der Waals surface area contributed by atoms with Gasteiger partial charge in [-0.05, 0) is 32.3 Å². The molecule has 1 aliphatic heterocycles. The van der Waals surface area contributed by atoms with Crippen LogP contribution in [0.25, 0.3) is 5.65 Å². The van der Waals surface area contributed by atoms with Gasteiger partial charge in [0.2, 0.25) is 0 Å². The minimum Gasteiger partial charge on any atom is -0.328 e. The number of likely N-dealkylation sites (tertiary alicyclic amines) is 1. The summed E-state index contributed by atoms with van der Waals surface area (Å²) in [6.45, 7) is 4.35. The van der Waals surface area contributed by atoms with Gasteiger partial charge in [-0.15, -0.1) is 0 Å². The smallest absolute Gasteiger partial charge is 0.259 e. The Hall–Kier alpha value is -2.24. The minimum atomic E-state index is -0.300. The second-order valence-electron chi connectivity index (χ2n) is 5.73. The molecular weight excluding hydrogens is 280 g/mol. The minimum absolute atomic E-state index is 0.133. The summed E-state index contributed by atoms with van der Waals surface area (Å²) >= 11 is 0. The van der Waals surface area contributed by atoms with E-state index >= 15 is 0 Å². The normalized spacial score (nSPS) is 18.6. The maximum Gasteiger partial charge on any atom is 0.259 e. The van der Waals surface area contributed by atoms with Crippen LogP contribution in [0.1, 0.15) is 48.7 Å². The number of carbonyl (C=O) groups excluding carboxylic acids is 2. The van der Waals surface area contributed by atoms with Crippen LogP contribution in [0.2, 0.25) is 0 Å². The van der Waals surface area contributed by atoms with Crippen LogP contribution in [0.3, 0.4) is 0 Å². The Morgan fingerprint density at radius 2 is 2.18 bits per heavy atom. The maximum atomic E-state index is 12.9. The summed E-state index contributed by atoms with van der Waals surface area (Å²) in [5.74, 6) is -0.00624. The van der Waals surface area contributed by atoms with E-state index in [1.165, 1.54) is 0 Å². The molecule has 0 spiro atoms. The van der Waals surface area contributed by atoms with Crippen LogP contribution >= 0.6 is 0 Å². The number of aryl methyl sites for hydroxylation is 1. The zero-order chi connectivity index (χ0) is 15.7. The van der Waals surface area contributed by atoms with Crippen LogP contribution in [0.4, 0.5) is 0 Å². The molecule has 1 aliphatic rings. The summed E-state index contributed by atoms with van der Waals surface area (Å²) in [5.41, 5.74) is 1.86. The molecule has 1 amide bonds. The highest BCUT2D eigenvalue weighted by atomic mass is 16.2. The third kappa shape index (κ3) is 2.49. The largest absolute Gasteiger partial charge is 0.328 e. The van der Waals surface area contributed by atoms with Crippen LogP contribution in [0.15, 0.2) is 18.5 Å². The lowest BCUT2D eigenvalue weighted by molar-refractivity contribution is -0.124. The van der Waals surface area contributed by atoms with Crippen molar-refractivity contribution in [3.05, 3.63) is 29.7 Å². The SMILES string of the molecule is CCC(=O)C1CCCCN1C(=O)c1cnn2ccc(C)nc12. The Balaban J connectivity index is 1.97. The number of piperidine rings is 1. The van der Waals surface area contributed by atoms with E-state index in [4.69, 9.17) is 0 Å². The van der Waals surface area contributed by atoms with Crippen LogP contribution in [-0.4, -0.2) is 43.8 Å². The molecular formula is C16H20N4O2. The Bertz CT molecular complexity index is 722. The van der Waals surface area contributed by atoms with E-state index in [0.29, 0.717) is 24.2 Å². The number of fused-ring (bicyclic) bond motifs is 1. The average Bonchev–Trinajstić information content (AvgIpc) is 2.96. The third-order valence-electron chi connectivity index (χ3n) is 4.22. The first kappa shape index (κ1) is 14.7. The number of hydrogen-bond acceptors (Lipinski definition) is 4. The van der Waals surface area contributed by atoms with E-state index in [1.54, 1.807) is 21.8 Å². The van der Waals surface area contributed by atoms with Gasteiger partial charge in [0.15, 0.2) is 11.4 Å². The summed E-state index contributed by atoms with van der Waals surface area (Å²) in [4.78, 5) is 31.2. The molecule has 0 aromatic carbocycles. The van der Waals surface area contributed by atoms with Crippen molar-refractivity contribution in [1.29, 1.82) is 0 Å². The van der Waals surface area contributed by atoms with Crippen molar-refractivity contribution in [2.45, 2.75) is 45.6 Å². The van der Waals surface area contributed by atoms with Gasteiger partial charge in [0.05, 0.1) is 12.2 Å². The maximum absolute atomic E-state index is 12.9. The number of nitrogens with zero attached hydrogens (tertiary/aromatic N) is 4. The topological polar surface area (TPSA) is 67.6 Å². The molecule has 1 fully saturated rings. The van der Waals surface area contributed by atoms with Crippen molar-refractivity contribution in [3.63, 3.8) is 0 Å². The van der Waals surface area contributed by atoms with Crippen LogP contribution in [-0.2, 0) is 4.79 Å². The zero-order valence-corrected chi connectivity index (χ0v) is 13.0. The number of hydrogen-bond donors (Lipinski definition) is 0. The van der Waals surface area contributed by atoms with Gasteiger partial charge in [-0.25, -0.2) is 9.50 Å². The van der Waals surface area contributed by atoms with Gasteiger partial charge in [-0.2, -0.15) is 5.10 Å². The molecule has 2 aromatic heterocycles. The summed E-state index contributed by atoms with van der Waals surface area (Å²) in [6, 6.07) is 1.55. The molecule has 3 heterocycles. The molecule has 1 saturated heterocycles. The summed E-state index contributed by atoms with van der Waals surface area (Å²) in [5, 5.41) is 4.19. The van der Waals surface area contributed by atoms with E-state index in [1.807, 2.05) is 19.9 Å². The van der Waals surface area contributed by atoms with Crippen molar-refractivity contribution in [2.24, 2.45) is 0 Å². The first-order valence-corrected chi connectivity index (χ1v) is 7.76. The first-order chi connectivity index (χ1) is 10.6. The first-order valence-electron chi connectivity index (χ1n) is 7.76. The molecule has 6 nitrogen and oxygen atoms in total. The summed E-state index contributed by atoms with van der Waals surface area (Å²) < 4.78 is 1.60. The standard InChI is InChI=1S/C16H20N4O2/c1-3-14(21)13-6-4-5-8-19(13)16(22)12-10-17-20-9-7-11(2)18-15(12)20/h7,9-10,13H,3-6,8H2,1-2H3. The lowest BCUT2D eigenvalue weighted by atomic mass is 9.96. The molecule has 0 saturated carbocycles. The second-order valence-corrected chi connectivity index (χ2v) is 5.73. The number of aromatic nitrogens is 3. The van der Waals surface area contributed by atoms with Crippen molar-refractivity contribution in [2.75, 3.05) is 6.54 Å². The molecule has 0 bridgehead atoms. The molecule has 1 unspecified atom stereocenters. The Labute approximate surface area is 129 Å². The average molecular weight is 300 g/mol. The second kappa shape index (κ2) is 5.87. The van der Waals surface area contributed by atoms with E-state index in [-0.39, 0.29) is 17.7 Å². The number of Topliss-reactive ketones (excluding diaryl/α,β-unsaturated/α-hetero) is 1. The van der Waals surface area contributed by atoms with Crippen LogP contribution in [0, 0.1) is 6.92 Å². The molecule has 2 aromatic rings. The van der Waals surface area contributed by atoms with Crippen molar-refractivity contribution in [3.8, 4) is 0 Å². The van der Waals surface area contributed by atoms with Gasteiger partial charge >= 0.3 is 0 Å². The number of ketones is 1. The van der Waals surface area contributed by atoms with E-state index < -0.39 is 0 Å². The Kier molecular flexibility index (Phi) is 3.92. The Morgan fingerprint density at radius 1 is 1.36 bits per heavy atom. The molecule has 116 valence electrons. The lowest BCUT2D eigenvalue weighted by Crippen LogP contribution is -2.47. The summed E-state index contributed by atoms with van der Waals surface area (Å²) in [6.07, 6.45) is 6.48. The predicted octanol–water partition coefficient (Wildman–Crippen LogP) is 2.01. The highest BCUT2D eigenvalue weighted by Crippen LogP contribution is 2.22. The number of rotatable bonds is 3. The fourth-order valence-corrected chi connectivity index (χ4v) is 3.01. The molecule has 1 atom stereocenters. The zero-order valence-electron chi connectivity index (χ0n) is 13.0. The molecule has 0 aliphatic carbocycles. The molecule has 0 radical (unpaired) electrons. The highest BCUT2D eigenvalue weighted by molar-refractivity contribution is 6.02. The van der Waals surface area contributed by atoms with Gasteiger partial charge in [0.25, 0.3) is 5.91 Å². The van der Waals surface area contributed by atoms with Crippen molar-refractivity contribution < 1.29 is 9.59 Å². The lowest BCUT2D eigenvalue weighted by Gasteiger charge is -2.34. The highest BCUT2D eigenvalue weighted by Gasteiger charge is 2.32.